The van der Waals surface area contributed by atoms with Crippen LogP contribution in [0.2, 0.25) is 36.3 Å². The Morgan fingerprint density at radius 3 is 1.63 bits per heavy atom. The molecule has 0 N–H and O–H groups in total. The molecule has 0 aliphatic rings. The third-order valence-corrected chi connectivity index (χ3v) is 19.3. The largest absolute Gasteiger partial charge is 0.543 e. The van der Waals surface area contributed by atoms with Crippen molar-refractivity contribution in [2.45, 2.75) is 77.8 Å². The highest BCUT2D eigenvalue weighted by molar-refractivity contribution is 9.13. The molecule has 0 amide bonds. The fraction of sp³-hybridized carbons (Fsp3) is 0.375. The zero-order valence-electron chi connectivity index (χ0n) is 24.3. The summed E-state index contributed by atoms with van der Waals surface area (Å²) in [4.78, 5) is 0. The number of halogens is 2. The molecule has 0 aliphatic carbocycles. The van der Waals surface area contributed by atoms with Gasteiger partial charge in [0.2, 0.25) is 0 Å². The van der Waals surface area contributed by atoms with Gasteiger partial charge in [0.05, 0.1) is 4.47 Å². The second kappa shape index (κ2) is 10.1. The van der Waals surface area contributed by atoms with Gasteiger partial charge >= 0.3 is 0 Å². The Kier molecular flexibility index (Phi) is 7.81. The molecule has 0 fully saturated rings. The molecule has 0 unspecified atom stereocenters. The van der Waals surface area contributed by atoms with E-state index >= 15 is 0 Å². The smallest absolute Gasteiger partial charge is 0.250 e. The predicted molar refractivity (Wildman–Crippen MR) is 178 cm³/mol. The summed E-state index contributed by atoms with van der Waals surface area (Å²) in [7, 11) is -4.33. The lowest BCUT2D eigenvalue weighted by atomic mass is 9.92. The van der Waals surface area contributed by atoms with Gasteiger partial charge < -0.3 is 8.85 Å². The minimum atomic E-state index is -2.20. The summed E-state index contributed by atoms with van der Waals surface area (Å²) < 4.78 is 16.2. The first-order valence-corrected chi connectivity index (χ1v) is 20.7. The third-order valence-electron chi connectivity index (χ3n) is 8.53. The lowest BCUT2D eigenvalue weighted by Crippen LogP contribution is -2.44. The van der Waals surface area contributed by atoms with Crippen molar-refractivity contribution in [3.8, 4) is 22.6 Å². The quantitative estimate of drug-likeness (QED) is 0.197. The van der Waals surface area contributed by atoms with Gasteiger partial charge in [0.1, 0.15) is 11.5 Å². The molecule has 6 heteroatoms. The maximum absolute atomic E-state index is 7.19. The second-order valence-electron chi connectivity index (χ2n) is 13.3. The topological polar surface area (TPSA) is 18.5 Å². The highest BCUT2D eigenvalue weighted by Crippen LogP contribution is 2.54. The highest BCUT2D eigenvalue weighted by atomic mass is 79.9. The van der Waals surface area contributed by atoms with Crippen molar-refractivity contribution in [2.75, 3.05) is 0 Å². The maximum atomic E-state index is 7.19. The first-order chi connectivity index (χ1) is 17.5. The Morgan fingerprint density at radius 2 is 1.05 bits per heavy atom. The van der Waals surface area contributed by atoms with Crippen LogP contribution in [-0.2, 0) is 0 Å². The molecule has 0 spiro atoms. The van der Waals surface area contributed by atoms with Gasteiger partial charge in [-0.2, -0.15) is 0 Å². The van der Waals surface area contributed by atoms with Gasteiger partial charge in [-0.05, 0) is 95.7 Å². The standard InChI is InChI=1S/C32H40Br2O2Si2/c1-31(2,3)37(7,8)35-25-20-19-21-15-11-12-16-22(21)26(25)27-23-17-13-14-18-24(23)28(33)29(34)30(27)36-38(9,10)32(4,5)6/h11-20H,1-10H3. The number of hydrogen-bond donors (Lipinski definition) is 0. The van der Waals surface area contributed by atoms with Gasteiger partial charge in [0.25, 0.3) is 16.6 Å². The van der Waals surface area contributed by atoms with E-state index in [1.54, 1.807) is 0 Å². The predicted octanol–water partition coefficient (Wildman–Crippen LogP) is 12.0. The monoisotopic (exact) mass is 670 g/mol. The highest BCUT2D eigenvalue weighted by Gasteiger charge is 2.42. The Balaban J connectivity index is 2.18. The van der Waals surface area contributed by atoms with Gasteiger partial charge in [-0.3, -0.25) is 0 Å². The lowest BCUT2D eigenvalue weighted by Gasteiger charge is -2.39. The molecule has 38 heavy (non-hydrogen) atoms. The fourth-order valence-corrected chi connectivity index (χ4v) is 7.33. The van der Waals surface area contributed by atoms with Crippen molar-refractivity contribution in [1.29, 1.82) is 0 Å². The van der Waals surface area contributed by atoms with Crippen molar-refractivity contribution >= 4 is 70.0 Å². The second-order valence-corrected chi connectivity index (χ2v) is 24.3. The number of rotatable bonds is 5. The third kappa shape index (κ3) is 5.26. The number of fused-ring (bicyclic) bond motifs is 2. The molecule has 0 saturated heterocycles. The summed E-state index contributed by atoms with van der Waals surface area (Å²) in [5, 5.41) is 4.75. The molecule has 4 rings (SSSR count). The van der Waals surface area contributed by atoms with Crippen LogP contribution in [0.4, 0.5) is 0 Å². The van der Waals surface area contributed by atoms with Crippen LogP contribution in [0.5, 0.6) is 11.5 Å². The van der Waals surface area contributed by atoms with Crippen LogP contribution in [0.3, 0.4) is 0 Å². The first-order valence-electron chi connectivity index (χ1n) is 13.3. The maximum Gasteiger partial charge on any atom is 0.250 e. The van der Waals surface area contributed by atoms with Crippen LogP contribution >= 0.6 is 31.9 Å². The Labute approximate surface area is 247 Å². The Hall–Kier alpha value is -1.61. The van der Waals surface area contributed by atoms with E-state index in [4.69, 9.17) is 8.85 Å². The average Bonchev–Trinajstić information content (AvgIpc) is 2.81. The summed E-state index contributed by atoms with van der Waals surface area (Å²) in [5.74, 6) is 1.81. The van der Waals surface area contributed by atoms with Gasteiger partial charge in [-0.25, -0.2) is 0 Å². The average molecular weight is 673 g/mol. The zero-order valence-corrected chi connectivity index (χ0v) is 29.5. The molecule has 0 atom stereocenters. The van der Waals surface area contributed by atoms with E-state index in [0.29, 0.717) is 0 Å². The van der Waals surface area contributed by atoms with Gasteiger partial charge in [-0.1, -0.05) is 96.1 Å². The Morgan fingerprint density at radius 1 is 0.553 bits per heavy atom. The molecule has 0 radical (unpaired) electrons. The van der Waals surface area contributed by atoms with E-state index in [1.165, 1.54) is 10.8 Å². The van der Waals surface area contributed by atoms with E-state index in [-0.39, 0.29) is 10.1 Å². The molecule has 0 aromatic heterocycles. The normalized spacial score (nSPS) is 13.3. The molecule has 202 valence electrons. The molecular formula is C32H40Br2O2Si2. The van der Waals surface area contributed by atoms with Crippen molar-refractivity contribution in [1.82, 2.24) is 0 Å². The summed E-state index contributed by atoms with van der Waals surface area (Å²) in [6.07, 6.45) is 0. The van der Waals surface area contributed by atoms with E-state index < -0.39 is 16.6 Å². The molecular weight excluding hydrogens is 632 g/mol. The van der Waals surface area contributed by atoms with Crippen molar-refractivity contribution in [2.24, 2.45) is 0 Å². The molecule has 0 aliphatic heterocycles. The van der Waals surface area contributed by atoms with Crippen LogP contribution in [0, 0.1) is 0 Å². The summed E-state index contributed by atoms with van der Waals surface area (Å²) in [6.45, 7) is 23.0. The summed E-state index contributed by atoms with van der Waals surface area (Å²) in [5.41, 5.74) is 2.19. The lowest BCUT2D eigenvalue weighted by molar-refractivity contribution is 0.487. The van der Waals surface area contributed by atoms with Gasteiger partial charge in [0, 0.05) is 15.6 Å². The molecule has 0 heterocycles. The number of benzene rings is 4. The zero-order chi connectivity index (χ0) is 28.3. The molecule has 0 saturated carbocycles. The first kappa shape index (κ1) is 29.4. The van der Waals surface area contributed by atoms with Gasteiger partial charge in [-0.15, -0.1) is 0 Å². The SMILES string of the molecule is CC(C)(C)[Si](C)(C)Oc1ccc2ccccc2c1-c1c(O[Si](C)(C)C(C)(C)C)c(Br)c(Br)c2ccccc12. The fourth-order valence-electron chi connectivity index (χ4n) is 4.12. The minimum absolute atomic E-state index is 0.0427. The van der Waals surface area contributed by atoms with E-state index in [9.17, 15) is 0 Å². The van der Waals surface area contributed by atoms with E-state index in [0.717, 1.165) is 42.3 Å². The molecule has 4 aromatic rings. The number of hydrogen-bond acceptors (Lipinski definition) is 2. The van der Waals surface area contributed by atoms with Gasteiger partial charge in [0.15, 0.2) is 0 Å². The van der Waals surface area contributed by atoms with Crippen LogP contribution in [0.25, 0.3) is 32.7 Å². The van der Waals surface area contributed by atoms with Crippen molar-refractivity contribution < 1.29 is 8.85 Å². The van der Waals surface area contributed by atoms with Crippen LogP contribution in [-0.4, -0.2) is 16.6 Å². The molecule has 0 bridgehead atoms. The molecule has 2 nitrogen and oxygen atoms in total. The Bertz CT molecular complexity index is 1510. The minimum Gasteiger partial charge on any atom is -0.543 e. The van der Waals surface area contributed by atoms with Crippen LogP contribution in [0.1, 0.15) is 41.5 Å². The summed E-state index contributed by atoms with van der Waals surface area (Å²) >= 11 is 7.87. The van der Waals surface area contributed by atoms with Crippen LogP contribution < -0.4 is 8.85 Å². The van der Waals surface area contributed by atoms with Crippen molar-refractivity contribution in [3.05, 3.63) is 69.6 Å². The van der Waals surface area contributed by atoms with E-state index in [2.05, 4.69) is 160 Å². The van der Waals surface area contributed by atoms with E-state index in [1.807, 2.05) is 0 Å². The molecule has 4 aromatic carbocycles. The van der Waals surface area contributed by atoms with Crippen molar-refractivity contribution in [3.63, 3.8) is 0 Å². The summed E-state index contributed by atoms with van der Waals surface area (Å²) in [6, 6.07) is 21.5. The van der Waals surface area contributed by atoms with Crippen LogP contribution in [0.15, 0.2) is 69.6 Å².